The Morgan fingerprint density at radius 3 is 2.20 bits per heavy atom. The van der Waals surface area contributed by atoms with Crippen LogP contribution in [0, 0.1) is 5.92 Å². The highest BCUT2D eigenvalue weighted by Crippen LogP contribution is 2.18. The molecule has 0 fully saturated rings. The lowest BCUT2D eigenvalue weighted by Gasteiger charge is -2.26. The predicted molar refractivity (Wildman–Crippen MR) is 130 cm³/mol. The number of aromatic amines is 1. The van der Waals surface area contributed by atoms with Crippen LogP contribution < -0.4 is 21.7 Å². The van der Waals surface area contributed by atoms with Crippen molar-refractivity contribution in [2.45, 2.75) is 70.8 Å². The number of aromatic nitrogens is 1. The van der Waals surface area contributed by atoms with Gasteiger partial charge in [0, 0.05) is 17.1 Å². The molecule has 6 unspecified atom stereocenters. The van der Waals surface area contributed by atoms with E-state index in [4.69, 9.17) is 5.73 Å². The van der Waals surface area contributed by atoms with Gasteiger partial charge in [-0.05, 0) is 37.8 Å². The SMILES string of the molecule is CCC(C)C(NC(=O)C(C)NC(=O)C(NC(=O)C(N)Cc1c[nH]c2ccccc12)C(C)O)C(=O)O. The van der Waals surface area contributed by atoms with Gasteiger partial charge in [0.15, 0.2) is 0 Å². The number of fused-ring (bicyclic) bond motifs is 1. The molecule has 0 saturated carbocycles. The average Bonchev–Trinajstić information content (AvgIpc) is 3.22. The lowest BCUT2D eigenvalue weighted by atomic mass is 9.99. The number of nitrogens with two attached hydrogens (primary N) is 1. The fourth-order valence-corrected chi connectivity index (χ4v) is 3.63. The van der Waals surface area contributed by atoms with Gasteiger partial charge in [0.05, 0.1) is 12.1 Å². The number of carbonyl (C=O) groups excluding carboxylic acids is 3. The Labute approximate surface area is 203 Å². The number of hydrogen-bond acceptors (Lipinski definition) is 6. The molecule has 11 heteroatoms. The molecule has 0 radical (unpaired) electrons. The Morgan fingerprint density at radius 2 is 1.60 bits per heavy atom. The zero-order valence-electron chi connectivity index (χ0n) is 20.4. The minimum atomic E-state index is -1.36. The first-order valence-corrected chi connectivity index (χ1v) is 11.6. The molecule has 8 N–H and O–H groups in total. The van der Waals surface area contributed by atoms with E-state index in [-0.39, 0.29) is 12.3 Å². The van der Waals surface area contributed by atoms with Crippen LogP contribution in [0.4, 0.5) is 0 Å². The summed E-state index contributed by atoms with van der Waals surface area (Å²) in [6.45, 7) is 6.20. The van der Waals surface area contributed by atoms with Gasteiger partial charge in [-0.2, -0.15) is 0 Å². The Hall–Kier alpha value is -3.44. The molecule has 1 aromatic heterocycles. The van der Waals surface area contributed by atoms with Crippen LogP contribution in [0.25, 0.3) is 10.9 Å². The normalized spacial score (nSPS) is 16.4. The molecule has 192 valence electrons. The second-order valence-corrected chi connectivity index (χ2v) is 8.84. The second kappa shape index (κ2) is 12.3. The van der Waals surface area contributed by atoms with Crippen molar-refractivity contribution >= 4 is 34.6 Å². The Morgan fingerprint density at radius 1 is 0.971 bits per heavy atom. The fraction of sp³-hybridized carbons (Fsp3) is 0.500. The van der Waals surface area contributed by atoms with Crippen molar-refractivity contribution in [3.63, 3.8) is 0 Å². The van der Waals surface area contributed by atoms with E-state index in [9.17, 15) is 29.4 Å². The number of aliphatic hydroxyl groups is 1. The van der Waals surface area contributed by atoms with E-state index in [0.29, 0.717) is 6.42 Å². The highest BCUT2D eigenvalue weighted by Gasteiger charge is 2.32. The Bertz CT molecular complexity index is 1050. The number of para-hydroxylation sites is 1. The number of carboxylic acids is 1. The third kappa shape index (κ3) is 7.27. The van der Waals surface area contributed by atoms with Gasteiger partial charge in [-0.3, -0.25) is 14.4 Å². The standard InChI is InChI=1S/C24H35N5O6/c1-5-12(2)19(24(34)35)28-21(31)13(3)27-23(33)20(14(4)30)29-22(32)17(25)10-15-11-26-18-9-7-6-8-16(15)18/h6-9,11-14,17,19-20,26,30H,5,10,25H2,1-4H3,(H,27,33)(H,28,31)(H,29,32)(H,34,35). The summed E-state index contributed by atoms with van der Waals surface area (Å²) in [7, 11) is 0. The van der Waals surface area contributed by atoms with E-state index >= 15 is 0 Å². The number of amides is 3. The summed E-state index contributed by atoms with van der Waals surface area (Å²) in [6, 6.07) is 2.99. The van der Waals surface area contributed by atoms with Gasteiger partial charge in [-0.15, -0.1) is 0 Å². The van der Waals surface area contributed by atoms with Crippen LogP contribution in [-0.2, 0) is 25.6 Å². The van der Waals surface area contributed by atoms with Gasteiger partial charge in [0.2, 0.25) is 17.7 Å². The molecule has 0 saturated heterocycles. The zero-order valence-corrected chi connectivity index (χ0v) is 20.4. The molecular weight excluding hydrogens is 454 g/mol. The molecule has 2 aromatic rings. The molecule has 0 aliphatic heterocycles. The van der Waals surface area contributed by atoms with Crippen molar-refractivity contribution in [2.24, 2.45) is 11.7 Å². The number of H-pyrrole nitrogens is 1. The van der Waals surface area contributed by atoms with Crippen LogP contribution in [0.2, 0.25) is 0 Å². The molecule has 35 heavy (non-hydrogen) atoms. The Kier molecular flexibility index (Phi) is 9.78. The van der Waals surface area contributed by atoms with Crippen LogP contribution >= 0.6 is 0 Å². The van der Waals surface area contributed by atoms with Crippen LogP contribution in [-0.4, -0.2) is 69.2 Å². The lowest BCUT2D eigenvalue weighted by molar-refractivity contribution is -0.143. The fourth-order valence-electron chi connectivity index (χ4n) is 3.63. The molecule has 1 heterocycles. The van der Waals surface area contributed by atoms with E-state index in [0.717, 1.165) is 16.5 Å². The summed E-state index contributed by atoms with van der Waals surface area (Å²) < 4.78 is 0. The average molecular weight is 490 g/mol. The lowest BCUT2D eigenvalue weighted by Crippen LogP contribution is -2.59. The van der Waals surface area contributed by atoms with Crippen molar-refractivity contribution < 1.29 is 29.4 Å². The molecule has 6 atom stereocenters. The maximum absolute atomic E-state index is 12.7. The van der Waals surface area contributed by atoms with Crippen molar-refractivity contribution in [3.05, 3.63) is 36.0 Å². The predicted octanol–water partition coefficient (Wildman–Crippen LogP) is 0.0235. The van der Waals surface area contributed by atoms with E-state index in [1.165, 1.54) is 13.8 Å². The molecule has 3 amide bonds. The van der Waals surface area contributed by atoms with E-state index < -0.39 is 54.0 Å². The van der Waals surface area contributed by atoms with Crippen LogP contribution in [0.15, 0.2) is 30.5 Å². The van der Waals surface area contributed by atoms with E-state index in [1.807, 2.05) is 24.3 Å². The summed E-state index contributed by atoms with van der Waals surface area (Å²) in [5, 5.41) is 27.6. The largest absolute Gasteiger partial charge is 0.480 e. The second-order valence-electron chi connectivity index (χ2n) is 8.84. The van der Waals surface area contributed by atoms with Gasteiger partial charge in [-0.25, -0.2) is 4.79 Å². The third-order valence-electron chi connectivity index (χ3n) is 6.04. The van der Waals surface area contributed by atoms with E-state index in [2.05, 4.69) is 20.9 Å². The molecule has 11 nitrogen and oxygen atoms in total. The number of carboxylic acid groups (broad SMARTS) is 1. The number of aliphatic carboxylic acids is 1. The van der Waals surface area contributed by atoms with E-state index in [1.54, 1.807) is 20.0 Å². The summed E-state index contributed by atoms with van der Waals surface area (Å²) in [5.74, 6) is -3.63. The van der Waals surface area contributed by atoms with Crippen LogP contribution in [0.5, 0.6) is 0 Å². The minimum absolute atomic E-state index is 0.203. The molecular formula is C24H35N5O6. The van der Waals surface area contributed by atoms with Crippen molar-refractivity contribution in [1.82, 2.24) is 20.9 Å². The number of rotatable bonds is 12. The summed E-state index contributed by atoms with van der Waals surface area (Å²) >= 11 is 0. The minimum Gasteiger partial charge on any atom is -0.480 e. The number of aliphatic hydroxyl groups excluding tert-OH is 1. The van der Waals surface area contributed by atoms with Crippen LogP contribution in [0.1, 0.15) is 39.7 Å². The van der Waals surface area contributed by atoms with Crippen molar-refractivity contribution in [2.75, 3.05) is 0 Å². The first-order chi connectivity index (χ1) is 16.5. The van der Waals surface area contributed by atoms with Crippen molar-refractivity contribution in [3.8, 4) is 0 Å². The number of nitrogens with one attached hydrogen (secondary N) is 4. The number of carbonyl (C=O) groups is 4. The molecule has 0 aliphatic rings. The summed E-state index contributed by atoms with van der Waals surface area (Å²) in [5.41, 5.74) is 7.80. The van der Waals surface area contributed by atoms with Gasteiger partial charge in [-0.1, -0.05) is 38.5 Å². The maximum atomic E-state index is 12.7. The summed E-state index contributed by atoms with van der Waals surface area (Å²) in [6.07, 6.45) is 1.23. The molecule has 0 spiro atoms. The maximum Gasteiger partial charge on any atom is 0.326 e. The number of hydrogen-bond donors (Lipinski definition) is 7. The van der Waals surface area contributed by atoms with Gasteiger partial charge in [0.1, 0.15) is 18.1 Å². The first-order valence-electron chi connectivity index (χ1n) is 11.6. The smallest absolute Gasteiger partial charge is 0.326 e. The molecule has 0 aliphatic carbocycles. The van der Waals surface area contributed by atoms with Crippen molar-refractivity contribution in [1.29, 1.82) is 0 Å². The quantitative estimate of drug-likeness (QED) is 0.219. The highest BCUT2D eigenvalue weighted by molar-refractivity contribution is 5.94. The first kappa shape index (κ1) is 27.8. The van der Waals surface area contributed by atoms with Gasteiger partial charge >= 0.3 is 5.97 Å². The molecule has 1 aromatic carbocycles. The zero-order chi connectivity index (χ0) is 26.3. The highest BCUT2D eigenvalue weighted by atomic mass is 16.4. The monoisotopic (exact) mass is 489 g/mol. The summed E-state index contributed by atoms with van der Waals surface area (Å²) in [4.78, 5) is 52.4. The molecule has 2 rings (SSSR count). The van der Waals surface area contributed by atoms with Gasteiger partial charge < -0.3 is 36.9 Å². The Balaban J connectivity index is 2.00. The third-order valence-corrected chi connectivity index (χ3v) is 6.04. The number of benzene rings is 1. The topological polar surface area (TPSA) is 187 Å². The van der Waals surface area contributed by atoms with Crippen LogP contribution in [0.3, 0.4) is 0 Å². The van der Waals surface area contributed by atoms with Gasteiger partial charge in [0.25, 0.3) is 0 Å². The molecule has 0 bridgehead atoms.